The number of nitrogens with one attached hydrogen (secondary N) is 1. The molecule has 0 saturated carbocycles. The van der Waals surface area contributed by atoms with Gasteiger partial charge in [0.2, 0.25) is 5.91 Å². The van der Waals surface area contributed by atoms with Crippen molar-refractivity contribution < 1.29 is 14.3 Å². The van der Waals surface area contributed by atoms with Crippen molar-refractivity contribution in [3.63, 3.8) is 0 Å². The first-order valence-corrected chi connectivity index (χ1v) is 10.9. The Balaban J connectivity index is 1.29. The maximum absolute atomic E-state index is 12.8. The van der Waals surface area contributed by atoms with E-state index in [1.807, 2.05) is 43.0 Å². The summed E-state index contributed by atoms with van der Waals surface area (Å²) in [7, 11) is 0. The Morgan fingerprint density at radius 3 is 2.47 bits per heavy atom. The number of hydrogen-bond acceptors (Lipinski definition) is 3. The molecule has 2 aliphatic rings. The zero-order chi connectivity index (χ0) is 21.1. The van der Waals surface area contributed by atoms with Crippen LogP contribution in [0.1, 0.15) is 59.7 Å². The fraction of sp³-hybridized carbons (Fsp3) is 0.440. The van der Waals surface area contributed by atoms with Gasteiger partial charge in [-0.3, -0.25) is 9.59 Å². The Morgan fingerprint density at radius 1 is 1.03 bits per heavy atom. The van der Waals surface area contributed by atoms with Crippen molar-refractivity contribution in [2.45, 2.75) is 57.8 Å². The zero-order valence-corrected chi connectivity index (χ0v) is 17.8. The number of carbonyl (C=O) groups excluding carboxylic acids is 2. The second-order valence-corrected chi connectivity index (χ2v) is 8.58. The van der Waals surface area contributed by atoms with Gasteiger partial charge in [-0.25, -0.2) is 0 Å². The predicted molar refractivity (Wildman–Crippen MR) is 116 cm³/mol. The number of morpholine rings is 1. The summed E-state index contributed by atoms with van der Waals surface area (Å²) in [4.78, 5) is 27.1. The fourth-order valence-corrected chi connectivity index (χ4v) is 4.65. The number of benzene rings is 2. The lowest BCUT2D eigenvalue weighted by Crippen LogP contribution is -2.48. The molecule has 2 aromatic rings. The molecule has 0 spiro atoms. The Hall–Kier alpha value is -2.66. The van der Waals surface area contributed by atoms with Gasteiger partial charge >= 0.3 is 0 Å². The highest BCUT2D eigenvalue weighted by atomic mass is 16.5. The number of aryl methyl sites for hydroxylation is 1. The molecule has 5 heteroatoms. The first-order valence-electron chi connectivity index (χ1n) is 10.9. The van der Waals surface area contributed by atoms with E-state index >= 15 is 0 Å². The third-order valence-corrected chi connectivity index (χ3v) is 6.09. The number of hydrogen-bond donors (Lipinski definition) is 1. The highest BCUT2D eigenvalue weighted by Crippen LogP contribution is 2.35. The number of rotatable bonds is 5. The van der Waals surface area contributed by atoms with Crippen LogP contribution >= 0.6 is 0 Å². The molecule has 3 atom stereocenters. The van der Waals surface area contributed by atoms with Crippen LogP contribution in [-0.4, -0.2) is 42.0 Å². The van der Waals surface area contributed by atoms with Crippen LogP contribution in [-0.2, 0) is 22.5 Å². The summed E-state index contributed by atoms with van der Waals surface area (Å²) in [5.74, 6) is 0.431. The monoisotopic (exact) mass is 406 g/mol. The third-order valence-electron chi connectivity index (χ3n) is 6.09. The SMILES string of the molecule is CC1CN(C(=O)c2ccc(CNC(=O)CC3CCc4ccccc43)cc2)CC(C)O1. The van der Waals surface area contributed by atoms with Crippen molar-refractivity contribution in [1.82, 2.24) is 10.2 Å². The topological polar surface area (TPSA) is 58.6 Å². The van der Waals surface area contributed by atoms with Crippen LogP contribution in [0.25, 0.3) is 0 Å². The summed E-state index contributed by atoms with van der Waals surface area (Å²) in [6, 6.07) is 16.0. The first-order chi connectivity index (χ1) is 14.5. The van der Waals surface area contributed by atoms with Crippen LogP contribution < -0.4 is 5.32 Å². The predicted octanol–water partition coefficient (Wildman–Crippen LogP) is 3.67. The van der Waals surface area contributed by atoms with Crippen LogP contribution in [0.4, 0.5) is 0 Å². The van der Waals surface area contributed by atoms with Gasteiger partial charge in [0.1, 0.15) is 0 Å². The van der Waals surface area contributed by atoms with Gasteiger partial charge in [-0.15, -0.1) is 0 Å². The summed E-state index contributed by atoms with van der Waals surface area (Å²) < 4.78 is 5.71. The minimum absolute atomic E-state index is 0.0347. The second kappa shape index (κ2) is 9.00. The molecule has 2 amide bonds. The molecule has 2 aromatic carbocycles. The third kappa shape index (κ3) is 4.73. The van der Waals surface area contributed by atoms with Crippen LogP contribution in [0.2, 0.25) is 0 Å². The van der Waals surface area contributed by atoms with Gasteiger partial charge in [-0.2, -0.15) is 0 Å². The molecule has 3 unspecified atom stereocenters. The molecule has 1 saturated heterocycles. The molecule has 158 valence electrons. The Bertz CT molecular complexity index is 899. The number of amides is 2. The maximum atomic E-state index is 12.8. The van der Waals surface area contributed by atoms with Gasteiger partial charge < -0.3 is 15.0 Å². The largest absolute Gasteiger partial charge is 0.372 e. The fourth-order valence-electron chi connectivity index (χ4n) is 4.65. The quantitative estimate of drug-likeness (QED) is 0.824. The summed E-state index contributed by atoms with van der Waals surface area (Å²) in [5.41, 5.74) is 4.37. The molecule has 0 bridgehead atoms. The summed E-state index contributed by atoms with van der Waals surface area (Å²) >= 11 is 0. The highest BCUT2D eigenvalue weighted by Gasteiger charge is 2.27. The normalized spacial score (nSPS) is 23.1. The molecule has 30 heavy (non-hydrogen) atoms. The average molecular weight is 407 g/mol. The molecule has 1 aliphatic carbocycles. The van der Waals surface area contributed by atoms with Crippen molar-refractivity contribution in [2.24, 2.45) is 0 Å². The van der Waals surface area contributed by atoms with Crippen molar-refractivity contribution in [1.29, 1.82) is 0 Å². The Labute approximate surface area is 178 Å². The second-order valence-electron chi connectivity index (χ2n) is 8.58. The minimum atomic E-state index is 0.0347. The number of carbonyl (C=O) groups is 2. The van der Waals surface area contributed by atoms with E-state index in [1.165, 1.54) is 11.1 Å². The molecule has 0 radical (unpaired) electrons. The van der Waals surface area contributed by atoms with Crippen LogP contribution in [0.3, 0.4) is 0 Å². The Morgan fingerprint density at radius 2 is 1.73 bits per heavy atom. The van der Waals surface area contributed by atoms with Gasteiger partial charge in [0, 0.05) is 31.6 Å². The smallest absolute Gasteiger partial charge is 0.254 e. The van der Waals surface area contributed by atoms with E-state index in [0.717, 1.165) is 18.4 Å². The number of nitrogens with zero attached hydrogens (tertiary/aromatic N) is 1. The average Bonchev–Trinajstić information content (AvgIpc) is 3.14. The minimum Gasteiger partial charge on any atom is -0.372 e. The summed E-state index contributed by atoms with van der Waals surface area (Å²) in [6.07, 6.45) is 2.74. The van der Waals surface area contributed by atoms with Gasteiger partial charge in [0.05, 0.1) is 12.2 Å². The molecule has 0 aromatic heterocycles. The van der Waals surface area contributed by atoms with Crippen LogP contribution in [0.5, 0.6) is 0 Å². The lowest BCUT2D eigenvalue weighted by atomic mass is 9.97. The lowest BCUT2D eigenvalue weighted by molar-refractivity contribution is -0.121. The van der Waals surface area contributed by atoms with E-state index in [1.54, 1.807) is 0 Å². The number of fused-ring (bicyclic) bond motifs is 1. The molecular weight excluding hydrogens is 376 g/mol. The van der Waals surface area contributed by atoms with Gasteiger partial charge in [-0.05, 0) is 61.4 Å². The summed E-state index contributed by atoms with van der Waals surface area (Å²) in [6.45, 7) is 5.70. The zero-order valence-electron chi connectivity index (χ0n) is 17.8. The van der Waals surface area contributed by atoms with Gasteiger partial charge in [0.25, 0.3) is 5.91 Å². The lowest BCUT2D eigenvalue weighted by Gasteiger charge is -2.35. The van der Waals surface area contributed by atoms with Crippen molar-refractivity contribution in [3.8, 4) is 0 Å². The standard InChI is InChI=1S/C25H30N2O3/c1-17-15-27(16-18(2)30-17)25(29)21-9-7-19(8-10-21)14-26-24(28)13-22-12-11-20-5-3-4-6-23(20)22/h3-10,17-18,22H,11-16H2,1-2H3,(H,26,28). The van der Waals surface area contributed by atoms with Crippen LogP contribution in [0.15, 0.2) is 48.5 Å². The Kier molecular flexibility index (Phi) is 6.18. The van der Waals surface area contributed by atoms with Gasteiger partial charge in [0.15, 0.2) is 0 Å². The molecular formula is C25H30N2O3. The first kappa shape index (κ1) is 20.6. The molecule has 4 rings (SSSR count). The molecule has 1 fully saturated rings. The van der Waals surface area contributed by atoms with Crippen LogP contribution in [0, 0.1) is 0 Å². The number of ether oxygens (including phenoxy) is 1. The van der Waals surface area contributed by atoms with Gasteiger partial charge in [-0.1, -0.05) is 36.4 Å². The van der Waals surface area contributed by atoms with E-state index in [4.69, 9.17) is 4.74 Å². The molecule has 1 aliphatic heterocycles. The molecule has 5 nitrogen and oxygen atoms in total. The maximum Gasteiger partial charge on any atom is 0.254 e. The van der Waals surface area contributed by atoms with E-state index in [0.29, 0.717) is 37.5 Å². The van der Waals surface area contributed by atoms with Crippen molar-refractivity contribution in [2.75, 3.05) is 13.1 Å². The summed E-state index contributed by atoms with van der Waals surface area (Å²) in [5, 5.41) is 3.03. The van der Waals surface area contributed by atoms with E-state index in [-0.39, 0.29) is 24.0 Å². The van der Waals surface area contributed by atoms with E-state index < -0.39 is 0 Å². The van der Waals surface area contributed by atoms with Crippen molar-refractivity contribution in [3.05, 3.63) is 70.8 Å². The molecule has 1 heterocycles. The highest BCUT2D eigenvalue weighted by molar-refractivity contribution is 5.94. The van der Waals surface area contributed by atoms with E-state index in [9.17, 15) is 9.59 Å². The molecule has 1 N–H and O–H groups in total. The van der Waals surface area contributed by atoms with Crippen molar-refractivity contribution >= 4 is 11.8 Å². The van der Waals surface area contributed by atoms with E-state index in [2.05, 4.69) is 29.6 Å².